The summed E-state index contributed by atoms with van der Waals surface area (Å²) in [6.07, 6.45) is 10.7. The number of guanidine groups is 1. The second kappa shape index (κ2) is 7.13. The molecule has 1 unspecified atom stereocenters. The molecule has 5 N–H and O–H groups in total. The summed E-state index contributed by atoms with van der Waals surface area (Å²) in [6, 6.07) is 0.495. The number of aromatic amines is 1. The van der Waals surface area contributed by atoms with E-state index >= 15 is 0 Å². The number of rotatable bonds is 4. The number of nitrogens with one attached hydrogen (secondary N) is 3. The monoisotopic (exact) mass is 264 g/mol. The number of aromatic nitrogens is 2. The summed E-state index contributed by atoms with van der Waals surface area (Å²) in [6.45, 7) is 2.11. The molecule has 1 atom stereocenters. The van der Waals surface area contributed by atoms with Crippen LogP contribution in [0.1, 0.15) is 57.3 Å². The molecule has 1 saturated carbocycles. The third-order valence-corrected chi connectivity index (χ3v) is 3.59. The smallest absolute Gasteiger partial charge is 0.206 e. The lowest BCUT2D eigenvalue weighted by atomic mass is 9.96. The van der Waals surface area contributed by atoms with Crippen LogP contribution in [0, 0.1) is 0 Å². The summed E-state index contributed by atoms with van der Waals surface area (Å²) in [5.41, 5.74) is 2.67. The summed E-state index contributed by atoms with van der Waals surface area (Å²) in [7, 11) is 0. The predicted molar refractivity (Wildman–Crippen MR) is 76.4 cm³/mol. The number of hydrogen-bond donors (Lipinski definition) is 4. The Morgan fingerprint density at radius 1 is 1.53 bits per heavy atom. The maximum absolute atomic E-state index is 5.57. The summed E-state index contributed by atoms with van der Waals surface area (Å²) >= 11 is 0. The minimum absolute atomic E-state index is 0.105. The van der Waals surface area contributed by atoms with Crippen LogP contribution >= 0.6 is 0 Å². The number of H-pyrrole nitrogens is 1. The van der Waals surface area contributed by atoms with E-state index in [2.05, 4.69) is 32.6 Å². The summed E-state index contributed by atoms with van der Waals surface area (Å²) in [5.74, 6) is 7.15. The van der Waals surface area contributed by atoms with Crippen LogP contribution in [0.15, 0.2) is 17.4 Å². The van der Waals surface area contributed by atoms with Gasteiger partial charge >= 0.3 is 0 Å². The number of aliphatic imine (C=N–C) groups is 1. The van der Waals surface area contributed by atoms with Gasteiger partial charge in [-0.05, 0) is 19.3 Å². The predicted octanol–water partition coefficient (Wildman–Crippen LogP) is 1.60. The highest BCUT2D eigenvalue weighted by Gasteiger charge is 2.16. The molecule has 1 aliphatic rings. The molecule has 0 aromatic carbocycles. The Hall–Kier alpha value is -1.56. The van der Waals surface area contributed by atoms with E-state index in [0.717, 1.165) is 25.1 Å². The van der Waals surface area contributed by atoms with E-state index < -0.39 is 0 Å². The number of nitrogens with zero attached hydrogens (tertiary/aromatic N) is 2. The van der Waals surface area contributed by atoms with E-state index in [1.165, 1.54) is 19.3 Å². The standard InChI is InChI=1S/C13H24N6/c1-2-11(12-15-8-9-16-12)18-13(19-14)17-10-6-4-3-5-7-10/h8-11H,2-7,14H2,1H3,(H,15,16)(H2,17,18,19). The molecule has 0 spiro atoms. The van der Waals surface area contributed by atoms with Crippen molar-refractivity contribution in [3.8, 4) is 0 Å². The van der Waals surface area contributed by atoms with Gasteiger partial charge in [0.05, 0.1) is 12.1 Å². The number of imidazole rings is 1. The summed E-state index contributed by atoms with van der Waals surface area (Å²) in [5, 5.41) is 3.32. The zero-order chi connectivity index (χ0) is 13.5. The highest BCUT2D eigenvalue weighted by Crippen LogP contribution is 2.20. The lowest BCUT2D eigenvalue weighted by molar-refractivity contribution is 0.439. The molecule has 0 bridgehead atoms. The van der Waals surface area contributed by atoms with Gasteiger partial charge in [-0.3, -0.25) is 5.43 Å². The lowest BCUT2D eigenvalue weighted by Crippen LogP contribution is -2.44. The molecular weight excluding hydrogens is 240 g/mol. The van der Waals surface area contributed by atoms with Crippen molar-refractivity contribution in [1.29, 1.82) is 0 Å². The van der Waals surface area contributed by atoms with Crippen molar-refractivity contribution in [1.82, 2.24) is 20.7 Å². The first kappa shape index (κ1) is 13.9. The first-order valence-corrected chi connectivity index (χ1v) is 7.13. The van der Waals surface area contributed by atoms with Gasteiger partial charge < -0.3 is 10.3 Å². The van der Waals surface area contributed by atoms with Gasteiger partial charge in [0.2, 0.25) is 5.96 Å². The molecule has 0 radical (unpaired) electrons. The van der Waals surface area contributed by atoms with Crippen molar-refractivity contribution in [2.75, 3.05) is 0 Å². The van der Waals surface area contributed by atoms with E-state index in [1.54, 1.807) is 6.20 Å². The number of hydrogen-bond acceptors (Lipinski definition) is 3. The maximum Gasteiger partial charge on any atom is 0.206 e. The fraction of sp³-hybridized carbons (Fsp3) is 0.692. The number of nitrogens with two attached hydrogens (primary N) is 1. The molecule has 2 rings (SSSR count). The van der Waals surface area contributed by atoms with Gasteiger partial charge in [0, 0.05) is 12.4 Å². The molecule has 0 amide bonds. The van der Waals surface area contributed by atoms with Crippen molar-refractivity contribution in [2.45, 2.75) is 57.5 Å². The van der Waals surface area contributed by atoms with Crippen LogP contribution in [0.5, 0.6) is 0 Å². The second-order valence-corrected chi connectivity index (χ2v) is 4.99. The quantitative estimate of drug-likeness (QED) is 0.288. The van der Waals surface area contributed by atoms with Gasteiger partial charge in [0.1, 0.15) is 5.82 Å². The van der Waals surface area contributed by atoms with E-state index in [0.29, 0.717) is 12.0 Å². The fourth-order valence-corrected chi connectivity index (χ4v) is 2.51. The first-order chi connectivity index (χ1) is 9.33. The maximum atomic E-state index is 5.57. The molecular formula is C13H24N6. The van der Waals surface area contributed by atoms with Gasteiger partial charge in [0.15, 0.2) is 0 Å². The van der Waals surface area contributed by atoms with Crippen LogP contribution in [-0.4, -0.2) is 22.0 Å². The molecule has 1 aromatic heterocycles. The Kier molecular flexibility index (Phi) is 5.20. The first-order valence-electron chi connectivity index (χ1n) is 7.13. The Morgan fingerprint density at radius 3 is 2.89 bits per heavy atom. The van der Waals surface area contributed by atoms with Crippen LogP contribution in [0.25, 0.3) is 0 Å². The Morgan fingerprint density at radius 2 is 2.32 bits per heavy atom. The zero-order valence-electron chi connectivity index (χ0n) is 11.5. The molecule has 19 heavy (non-hydrogen) atoms. The topological polar surface area (TPSA) is 91.1 Å². The SMILES string of the molecule is CCC(NC(=NC1CCCCC1)NN)c1ncc[nH]1. The molecule has 0 saturated heterocycles. The van der Waals surface area contributed by atoms with E-state index in [1.807, 2.05) is 6.20 Å². The highest BCUT2D eigenvalue weighted by molar-refractivity contribution is 5.79. The van der Waals surface area contributed by atoms with Crippen LogP contribution in [0.3, 0.4) is 0 Å². The molecule has 1 heterocycles. The third-order valence-electron chi connectivity index (χ3n) is 3.59. The normalized spacial score (nSPS) is 19.2. The highest BCUT2D eigenvalue weighted by atomic mass is 15.3. The van der Waals surface area contributed by atoms with Crippen molar-refractivity contribution in [2.24, 2.45) is 10.8 Å². The van der Waals surface area contributed by atoms with Gasteiger partial charge in [-0.15, -0.1) is 0 Å². The Balaban J connectivity index is 1.98. The number of hydrazine groups is 1. The Labute approximate surface area is 114 Å². The van der Waals surface area contributed by atoms with Crippen LogP contribution in [0.4, 0.5) is 0 Å². The van der Waals surface area contributed by atoms with Gasteiger partial charge in [-0.25, -0.2) is 15.8 Å². The lowest BCUT2D eigenvalue weighted by Gasteiger charge is -2.22. The summed E-state index contributed by atoms with van der Waals surface area (Å²) in [4.78, 5) is 12.1. The van der Waals surface area contributed by atoms with Gasteiger partial charge in [0.25, 0.3) is 0 Å². The molecule has 106 valence electrons. The Bertz CT molecular complexity index is 380. The minimum atomic E-state index is 0.105. The van der Waals surface area contributed by atoms with Gasteiger partial charge in [-0.2, -0.15) is 0 Å². The molecule has 6 heteroatoms. The fourth-order valence-electron chi connectivity index (χ4n) is 2.51. The molecule has 1 aliphatic carbocycles. The van der Waals surface area contributed by atoms with E-state index in [-0.39, 0.29) is 6.04 Å². The van der Waals surface area contributed by atoms with Gasteiger partial charge in [-0.1, -0.05) is 26.2 Å². The molecule has 6 nitrogen and oxygen atoms in total. The summed E-state index contributed by atoms with van der Waals surface area (Å²) < 4.78 is 0. The molecule has 0 aliphatic heterocycles. The van der Waals surface area contributed by atoms with Crippen LogP contribution in [-0.2, 0) is 0 Å². The van der Waals surface area contributed by atoms with Crippen LogP contribution < -0.4 is 16.6 Å². The van der Waals surface area contributed by atoms with Crippen molar-refractivity contribution in [3.63, 3.8) is 0 Å². The van der Waals surface area contributed by atoms with Crippen LogP contribution in [0.2, 0.25) is 0 Å². The van der Waals surface area contributed by atoms with E-state index in [9.17, 15) is 0 Å². The average Bonchev–Trinajstić information content (AvgIpc) is 2.98. The van der Waals surface area contributed by atoms with Crippen molar-refractivity contribution < 1.29 is 0 Å². The second-order valence-electron chi connectivity index (χ2n) is 4.99. The van der Waals surface area contributed by atoms with E-state index in [4.69, 9.17) is 5.84 Å². The van der Waals surface area contributed by atoms with Crippen molar-refractivity contribution >= 4 is 5.96 Å². The minimum Gasteiger partial charge on any atom is -0.347 e. The average molecular weight is 264 g/mol. The largest absolute Gasteiger partial charge is 0.347 e. The third kappa shape index (κ3) is 3.96. The molecule has 1 fully saturated rings. The zero-order valence-corrected chi connectivity index (χ0v) is 11.5. The molecule has 1 aromatic rings. The van der Waals surface area contributed by atoms with Crippen molar-refractivity contribution in [3.05, 3.63) is 18.2 Å².